The predicted molar refractivity (Wildman–Crippen MR) is 131 cm³/mol. The number of carbonyl (C=O) groups excluding carboxylic acids is 2. The number of aryl methyl sites for hydroxylation is 1. The van der Waals surface area contributed by atoms with E-state index in [9.17, 15) is 9.59 Å². The van der Waals surface area contributed by atoms with Crippen LogP contribution in [0.1, 0.15) is 51.3 Å². The maximum atomic E-state index is 13.0. The molecule has 3 aromatic carbocycles. The standard InChI is InChI=1S/C21H15NO2.C2H4O2.C2H5.CH3.B.W.Y/c1-13-11-12-17(22-14-7-3-2-4-8-14)19-18(13)20(23)15-9-5-6-10-16(15)21(19)24;1-2(3)4;1-2;;;;/h2-12,22H,1H3;1H3,(H,3,4);1H2,2H3;1H3;;;/q;;2*-1;;;. The van der Waals surface area contributed by atoms with E-state index in [2.05, 4.69) is 12.2 Å². The van der Waals surface area contributed by atoms with Gasteiger partial charge >= 0.3 is 0 Å². The summed E-state index contributed by atoms with van der Waals surface area (Å²) in [5.74, 6) is -1.03. The quantitative estimate of drug-likeness (QED) is 0.213. The van der Waals surface area contributed by atoms with Gasteiger partial charge in [-0.25, -0.2) is 0 Å². The maximum Gasteiger partial charge on any atom is 0.300 e. The van der Waals surface area contributed by atoms with Crippen LogP contribution in [-0.2, 0) is 58.6 Å². The summed E-state index contributed by atoms with van der Waals surface area (Å²) in [6.45, 7) is 7.95. The van der Waals surface area contributed by atoms with Crippen LogP contribution in [0.15, 0.2) is 66.7 Å². The van der Waals surface area contributed by atoms with Gasteiger partial charge in [0, 0.05) is 91.5 Å². The van der Waals surface area contributed by atoms with Gasteiger partial charge in [-0.05, 0) is 30.7 Å². The molecule has 0 saturated carbocycles. The van der Waals surface area contributed by atoms with E-state index in [1.165, 1.54) is 0 Å². The molecule has 2 N–H and O–H groups in total. The van der Waals surface area contributed by atoms with E-state index < -0.39 is 5.97 Å². The van der Waals surface area contributed by atoms with Gasteiger partial charge in [0.1, 0.15) is 0 Å². The molecule has 174 valence electrons. The van der Waals surface area contributed by atoms with Gasteiger partial charge in [-0.1, -0.05) is 48.5 Å². The molecule has 4 rings (SSSR count). The third-order valence-electron chi connectivity index (χ3n) is 4.34. The van der Waals surface area contributed by atoms with E-state index in [0.717, 1.165) is 18.2 Å². The monoisotopic (exact) mass is 701 g/mol. The van der Waals surface area contributed by atoms with E-state index in [1.54, 1.807) is 31.2 Å². The second-order valence-corrected chi connectivity index (χ2v) is 6.39. The number of carboxylic acids is 1. The van der Waals surface area contributed by atoms with E-state index in [-0.39, 0.29) is 81.2 Å². The van der Waals surface area contributed by atoms with Crippen LogP contribution in [0, 0.1) is 21.3 Å². The molecular weight excluding hydrogens is 674 g/mol. The summed E-state index contributed by atoms with van der Waals surface area (Å²) in [5, 5.41) is 10.7. The first-order valence-electron chi connectivity index (χ1n) is 9.44. The first-order chi connectivity index (χ1) is 14.4. The fourth-order valence-corrected chi connectivity index (χ4v) is 3.16. The number of carbonyl (C=O) groups is 3. The molecule has 0 heterocycles. The fourth-order valence-electron chi connectivity index (χ4n) is 3.16. The predicted octanol–water partition coefficient (Wildman–Crippen LogP) is 5.51. The Morgan fingerprint density at radius 1 is 0.824 bits per heavy atom. The number of para-hydroxylation sites is 1. The smallest absolute Gasteiger partial charge is 0.300 e. The molecule has 0 saturated heterocycles. The molecule has 3 aromatic rings. The number of carboxylic acid groups (broad SMARTS) is 1. The molecule has 0 aromatic heterocycles. The topological polar surface area (TPSA) is 83.5 Å². The molecule has 0 atom stereocenters. The van der Waals surface area contributed by atoms with Gasteiger partial charge in [-0.3, -0.25) is 14.4 Å². The minimum absolute atomic E-state index is 0. The fraction of sp³-hybridized carbons (Fsp3) is 0.115. The maximum absolute atomic E-state index is 13.0. The van der Waals surface area contributed by atoms with Crippen molar-refractivity contribution in [3.63, 3.8) is 0 Å². The van der Waals surface area contributed by atoms with Crippen LogP contribution in [0.2, 0.25) is 0 Å². The molecular formula is C26H27BNO4WY-2. The van der Waals surface area contributed by atoms with Crippen molar-refractivity contribution in [1.29, 1.82) is 0 Å². The van der Waals surface area contributed by atoms with Gasteiger partial charge in [0.25, 0.3) is 5.97 Å². The molecule has 8 heteroatoms. The molecule has 0 fully saturated rings. The second kappa shape index (κ2) is 17.5. The van der Waals surface area contributed by atoms with Crippen LogP contribution in [0.4, 0.5) is 11.4 Å². The molecule has 1 aliphatic carbocycles. The zero-order valence-corrected chi connectivity index (χ0v) is 25.6. The third-order valence-corrected chi connectivity index (χ3v) is 4.34. The number of hydrogen-bond acceptors (Lipinski definition) is 4. The van der Waals surface area contributed by atoms with Crippen LogP contribution in [0.25, 0.3) is 0 Å². The Morgan fingerprint density at radius 3 is 1.71 bits per heavy atom. The number of hydrogen-bond donors (Lipinski definition) is 2. The van der Waals surface area contributed by atoms with E-state index in [1.807, 2.05) is 49.4 Å². The Hall–Kier alpha value is -1.87. The second-order valence-electron chi connectivity index (χ2n) is 6.39. The van der Waals surface area contributed by atoms with Crippen molar-refractivity contribution in [2.24, 2.45) is 0 Å². The Bertz CT molecular complexity index is 1090. The Balaban J connectivity index is -0.000000878. The van der Waals surface area contributed by atoms with Crippen LogP contribution in [0.5, 0.6) is 0 Å². The summed E-state index contributed by atoms with van der Waals surface area (Å²) in [6.07, 6.45) is 0. The first-order valence-corrected chi connectivity index (χ1v) is 9.44. The van der Waals surface area contributed by atoms with Crippen LogP contribution in [0.3, 0.4) is 0 Å². The van der Waals surface area contributed by atoms with E-state index in [4.69, 9.17) is 9.90 Å². The normalized spacial score (nSPS) is 9.76. The molecule has 0 spiro atoms. The zero-order chi connectivity index (χ0) is 22.3. The van der Waals surface area contributed by atoms with Crippen molar-refractivity contribution < 1.29 is 73.3 Å². The number of benzene rings is 3. The summed E-state index contributed by atoms with van der Waals surface area (Å²) in [4.78, 5) is 34.9. The van der Waals surface area contributed by atoms with Gasteiger partial charge in [0.15, 0.2) is 11.6 Å². The van der Waals surface area contributed by atoms with Gasteiger partial charge in [0.2, 0.25) is 0 Å². The zero-order valence-electron chi connectivity index (χ0n) is 19.8. The van der Waals surface area contributed by atoms with Gasteiger partial charge in [0.05, 0.1) is 11.3 Å². The summed E-state index contributed by atoms with van der Waals surface area (Å²) in [7, 11) is 0. The van der Waals surface area contributed by atoms with Gasteiger partial charge in [-0.2, -0.15) is 6.92 Å². The minimum Gasteiger partial charge on any atom is -0.481 e. The van der Waals surface area contributed by atoms with E-state index in [0.29, 0.717) is 27.9 Å². The Labute approximate surface area is 243 Å². The first kappa shape index (κ1) is 36.7. The average molecular weight is 701 g/mol. The SMILES string of the molecule is CC(=O)O.Cc1ccc(Nc2ccccc2)c2c1C(=O)c1ccccc1C2=O.[B].[CH2-]C.[CH3-].[W].[Y]. The number of rotatable bonds is 2. The molecule has 1 aliphatic rings. The Kier molecular flexibility index (Phi) is 18.9. The average Bonchev–Trinajstić information content (AvgIpc) is 2.75. The van der Waals surface area contributed by atoms with Crippen molar-refractivity contribution >= 4 is 37.3 Å². The van der Waals surface area contributed by atoms with Gasteiger partial charge < -0.3 is 24.8 Å². The molecule has 4 radical (unpaired) electrons. The number of anilines is 2. The van der Waals surface area contributed by atoms with E-state index >= 15 is 0 Å². The number of nitrogens with one attached hydrogen (secondary N) is 1. The molecule has 5 nitrogen and oxygen atoms in total. The van der Waals surface area contributed by atoms with Crippen molar-refractivity contribution in [1.82, 2.24) is 0 Å². The van der Waals surface area contributed by atoms with Crippen LogP contribution in [-0.4, -0.2) is 31.1 Å². The minimum atomic E-state index is -0.833. The van der Waals surface area contributed by atoms with Crippen LogP contribution < -0.4 is 5.32 Å². The number of fused-ring (bicyclic) bond motifs is 2. The molecule has 0 bridgehead atoms. The Morgan fingerprint density at radius 2 is 1.24 bits per heavy atom. The van der Waals surface area contributed by atoms with Crippen molar-refractivity contribution in [2.75, 3.05) is 5.32 Å². The summed E-state index contributed by atoms with van der Waals surface area (Å²) >= 11 is 0. The number of aliphatic carboxylic acids is 1. The summed E-state index contributed by atoms with van der Waals surface area (Å²) in [5.41, 5.74) is 4.27. The van der Waals surface area contributed by atoms with Crippen molar-refractivity contribution in [3.05, 3.63) is 109 Å². The molecule has 0 unspecified atom stereocenters. The summed E-state index contributed by atoms with van der Waals surface area (Å²) < 4.78 is 0. The van der Waals surface area contributed by atoms with Crippen LogP contribution >= 0.6 is 0 Å². The van der Waals surface area contributed by atoms with Crippen molar-refractivity contribution in [2.45, 2.75) is 20.8 Å². The molecule has 0 amide bonds. The number of ketones is 2. The summed E-state index contributed by atoms with van der Waals surface area (Å²) in [6, 6.07) is 20.4. The molecule has 0 aliphatic heterocycles. The van der Waals surface area contributed by atoms with Crippen molar-refractivity contribution in [3.8, 4) is 0 Å². The molecule has 34 heavy (non-hydrogen) atoms. The largest absolute Gasteiger partial charge is 0.481 e. The third kappa shape index (κ3) is 8.72. The van der Waals surface area contributed by atoms with Gasteiger partial charge in [-0.15, -0.1) is 0 Å².